The third-order valence-electron chi connectivity index (χ3n) is 4.83. The van der Waals surface area contributed by atoms with Crippen molar-refractivity contribution in [1.29, 1.82) is 0 Å². The number of amides is 2. The standard InChI is InChI=1S/C19H19N3O4S/c1-12-3-2-4-13(9-12)18-19(24)20-7-8-22(18)27(25,26)15-5-6-16-14(10-15)11-17(23)21-16/h2-6,9-10,18H,7-8,11H2,1H3,(H,20,24)(H,21,23). The number of piperazine rings is 1. The van der Waals surface area contributed by atoms with E-state index in [0.29, 0.717) is 16.8 Å². The third kappa shape index (κ3) is 3.11. The van der Waals surface area contributed by atoms with Crippen LogP contribution in [0.3, 0.4) is 0 Å². The molecule has 0 aliphatic carbocycles. The largest absolute Gasteiger partial charge is 0.353 e. The van der Waals surface area contributed by atoms with E-state index in [4.69, 9.17) is 0 Å². The lowest BCUT2D eigenvalue weighted by Gasteiger charge is -2.34. The summed E-state index contributed by atoms with van der Waals surface area (Å²) in [6.07, 6.45) is 0.153. The number of sulfonamides is 1. The first-order valence-electron chi connectivity index (χ1n) is 8.65. The Morgan fingerprint density at radius 2 is 1.93 bits per heavy atom. The number of fused-ring (bicyclic) bond motifs is 1. The van der Waals surface area contributed by atoms with Crippen LogP contribution in [0.15, 0.2) is 47.4 Å². The molecule has 0 radical (unpaired) electrons. The van der Waals surface area contributed by atoms with Crippen LogP contribution in [0.4, 0.5) is 5.69 Å². The monoisotopic (exact) mass is 385 g/mol. The SMILES string of the molecule is Cc1cccc(C2C(=O)NCCN2S(=O)(=O)c2ccc3c(c2)CC(=O)N3)c1. The summed E-state index contributed by atoms with van der Waals surface area (Å²) in [5.41, 5.74) is 2.86. The van der Waals surface area contributed by atoms with Crippen molar-refractivity contribution >= 4 is 27.5 Å². The maximum Gasteiger partial charge on any atom is 0.244 e. The minimum Gasteiger partial charge on any atom is -0.353 e. The van der Waals surface area contributed by atoms with Crippen molar-refractivity contribution in [2.24, 2.45) is 0 Å². The van der Waals surface area contributed by atoms with Gasteiger partial charge in [0, 0.05) is 18.8 Å². The minimum atomic E-state index is -3.91. The molecule has 2 heterocycles. The van der Waals surface area contributed by atoms with Gasteiger partial charge in [-0.15, -0.1) is 0 Å². The molecule has 1 atom stereocenters. The molecule has 2 N–H and O–H groups in total. The quantitative estimate of drug-likeness (QED) is 0.834. The summed E-state index contributed by atoms with van der Waals surface area (Å²) in [7, 11) is -3.91. The molecule has 0 bridgehead atoms. The molecule has 2 aromatic rings. The molecule has 2 aromatic carbocycles. The van der Waals surface area contributed by atoms with Gasteiger partial charge in [0.05, 0.1) is 11.3 Å². The van der Waals surface area contributed by atoms with Gasteiger partial charge in [-0.3, -0.25) is 9.59 Å². The number of aryl methyl sites for hydroxylation is 1. The summed E-state index contributed by atoms with van der Waals surface area (Å²) in [6.45, 7) is 2.33. The Labute approximate surface area is 157 Å². The van der Waals surface area contributed by atoms with Crippen molar-refractivity contribution in [2.45, 2.75) is 24.3 Å². The van der Waals surface area contributed by atoms with Crippen molar-refractivity contribution < 1.29 is 18.0 Å². The maximum atomic E-state index is 13.3. The van der Waals surface area contributed by atoms with Gasteiger partial charge in [0.15, 0.2) is 0 Å². The lowest BCUT2D eigenvalue weighted by molar-refractivity contribution is -0.127. The molecule has 0 saturated carbocycles. The van der Waals surface area contributed by atoms with E-state index in [-0.39, 0.29) is 36.2 Å². The second kappa shape index (κ2) is 6.47. The molecule has 2 aliphatic heterocycles. The van der Waals surface area contributed by atoms with Gasteiger partial charge >= 0.3 is 0 Å². The second-order valence-electron chi connectivity index (χ2n) is 6.77. The zero-order chi connectivity index (χ0) is 19.2. The predicted molar refractivity (Wildman–Crippen MR) is 99.6 cm³/mol. The van der Waals surface area contributed by atoms with Gasteiger partial charge in [-0.25, -0.2) is 8.42 Å². The molecule has 140 valence electrons. The van der Waals surface area contributed by atoms with Crippen LogP contribution in [0.5, 0.6) is 0 Å². The first-order valence-corrected chi connectivity index (χ1v) is 10.1. The van der Waals surface area contributed by atoms with E-state index in [0.717, 1.165) is 5.56 Å². The van der Waals surface area contributed by atoms with Crippen LogP contribution in [0, 0.1) is 6.92 Å². The molecule has 4 rings (SSSR count). The number of carbonyl (C=O) groups is 2. The Balaban J connectivity index is 1.76. The van der Waals surface area contributed by atoms with Gasteiger partial charge in [-0.1, -0.05) is 29.8 Å². The van der Waals surface area contributed by atoms with Gasteiger partial charge in [0.1, 0.15) is 6.04 Å². The summed E-state index contributed by atoms with van der Waals surface area (Å²) in [4.78, 5) is 24.2. The van der Waals surface area contributed by atoms with Crippen molar-refractivity contribution in [2.75, 3.05) is 18.4 Å². The summed E-state index contributed by atoms with van der Waals surface area (Å²) < 4.78 is 27.9. The Kier molecular flexibility index (Phi) is 4.24. The van der Waals surface area contributed by atoms with Gasteiger partial charge in [0.25, 0.3) is 0 Å². The number of hydrogen-bond acceptors (Lipinski definition) is 4. The topological polar surface area (TPSA) is 95.6 Å². The van der Waals surface area contributed by atoms with Gasteiger partial charge in [-0.05, 0) is 36.2 Å². The van der Waals surface area contributed by atoms with E-state index in [1.54, 1.807) is 12.1 Å². The average molecular weight is 385 g/mol. The number of anilines is 1. The van der Waals surface area contributed by atoms with Crippen molar-refractivity contribution in [3.05, 3.63) is 59.2 Å². The summed E-state index contributed by atoms with van der Waals surface area (Å²) in [5.74, 6) is -0.497. The molecule has 1 unspecified atom stereocenters. The molecule has 7 nitrogen and oxygen atoms in total. The fourth-order valence-corrected chi connectivity index (χ4v) is 5.19. The van der Waals surface area contributed by atoms with Crippen LogP contribution in [-0.2, 0) is 26.0 Å². The van der Waals surface area contributed by atoms with Crippen LogP contribution >= 0.6 is 0 Å². The van der Waals surface area contributed by atoms with E-state index in [9.17, 15) is 18.0 Å². The van der Waals surface area contributed by atoms with Gasteiger partial charge in [0.2, 0.25) is 21.8 Å². The van der Waals surface area contributed by atoms with Gasteiger partial charge < -0.3 is 10.6 Å². The lowest BCUT2D eigenvalue weighted by atomic mass is 10.0. The summed E-state index contributed by atoms with van der Waals surface area (Å²) in [6, 6.07) is 11.0. The first kappa shape index (κ1) is 17.7. The fraction of sp³-hybridized carbons (Fsp3) is 0.263. The number of benzene rings is 2. The van der Waals surface area contributed by atoms with Crippen molar-refractivity contribution in [3.8, 4) is 0 Å². The highest BCUT2D eigenvalue weighted by molar-refractivity contribution is 7.89. The highest BCUT2D eigenvalue weighted by atomic mass is 32.2. The Hall–Kier alpha value is -2.71. The molecule has 2 amide bonds. The molecule has 0 spiro atoms. The molecular formula is C19H19N3O4S. The first-order chi connectivity index (χ1) is 12.9. The molecular weight excluding hydrogens is 366 g/mol. The summed E-state index contributed by atoms with van der Waals surface area (Å²) >= 11 is 0. The Morgan fingerprint density at radius 1 is 1.11 bits per heavy atom. The van der Waals surface area contributed by atoms with Crippen molar-refractivity contribution in [3.63, 3.8) is 0 Å². The summed E-state index contributed by atoms with van der Waals surface area (Å²) in [5, 5.41) is 5.44. The zero-order valence-electron chi connectivity index (χ0n) is 14.7. The van der Waals surface area contributed by atoms with Gasteiger partial charge in [-0.2, -0.15) is 4.31 Å². The normalized spacial score (nSPS) is 20.1. The molecule has 27 heavy (non-hydrogen) atoms. The van der Waals surface area contributed by atoms with E-state index in [1.807, 2.05) is 25.1 Å². The Bertz CT molecular complexity index is 1050. The van der Waals surface area contributed by atoms with E-state index in [2.05, 4.69) is 10.6 Å². The smallest absolute Gasteiger partial charge is 0.244 e. The highest BCUT2D eigenvalue weighted by Crippen LogP contribution is 2.32. The van der Waals surface area contributed by atoms with Crippen LogP contribution in [-0.4, -0.2) is 37.6 Å². The fourth-order valence-electron chi connectivity index (χ4n) is 3.56. The molecule has 1 fully saturated rings. The third-order valence-corrected chi connectivity index (χ3v) is 6.69. The lowest BCUT2D eigenvalue weighted by Crippen LogP contribution is -2.52. The number of rotatable bonds is 3. The van der Waals surface area contributed by atoms with E-state index in [1.165, 1.54) is 16.4 Å². The van der Waals surface area contributed by atoms with Crippen LogP contribution in [0.2, 0.25) is 0 Å². The number of carbonyl (C=O) groups excluding carboxylic acids is 2. The zero-order valence-corrected chi connectivity index (χ0v) is 15.5. The molecule has 2 aliphatic rings. The highest BCUT2D eigenvalue weighted by Gasteiger charge is 2.39. The number of hydrogen-bond donors (Lipinski definition) is 2. The Morgan fingerprint density at radius 3 is 2.70 bits per heavy atom. The number of nitrogens with one attached hydrogen (secondary N) is 2. The van der Waals surface area contributed by atoms with Crippen LogP contribution < -0.4 is 10.6 Å². The van der Waals surface area contributed by atoms with E-state index >= 15 is 0 Å². The maximum absolute atomic E-state index is 13.3. The van der Waals surface area contributed by atoms with E-state index < -0.39 is 16.1 Å². The van der Waals surface area contributed by atoms with Crippen LogP contribution in [0.25, 0.3) is 0 Å². The average Bonchev–Trinajstić information content (AvgIpc) is 3.00. The van der Waals surface area contributed by atoms with Crippen LogP contribution in [0.1, 0.15) is 22.7 Å². The predicted octanol–water partition coefficient (Wildman–Crippen LogP) is 1.35. The van der Waals surface area contributed by atoms with Crippen molar-refractivity contribution in [1.82, 2.24) is 9.62 Å². The molecule has 8 heteroatoms. The second-order valence-corrected chi connectivity index (χ2v) is 8.66. The molecule has 0 aromatic heterocycles. The minimum absolute atomic E-state index is 0.0881. The number of nitrogens with zero attached hydrogens (tertiary/aromatic N) is 1. The molecule has 1 saturated heterocycles.